The van der Waals surface area contributed by atoms with Gasteiger partial charge in [0.1, 0.15) is 17.9 Å². The highest BCUT2D eigenvalue weighted by Crippen LogP contribution is 2.30. The first kappa shape index (κ1) is 13.6. The highest BCUT2D eigenvalue weighted by Gasteiger charge is 2.25. The number of ketones is 1. The van der Waals surface area contributed by atoms with Crippen LogP contribution in [0.1, 0.15) is 0 Å². The van der Waals surface area contributed by atoms with Crippen LogP contribution in [-0.2, 0) is 9.59 Å². The van der Waals surface area contributed by atoms with Gasteiger partial charge < -0.3 is 9.84 Å². The summed E-state index contributed by atoms with van der Waals surface area (Å²) in [5.41, 5.74) is -0.313. The van der Waals surface area contributed by atoms with Crippen molar-refractivity contribution >= 4 is 41.2 Å². The number of carboxylic acid groups (broad SMARTS) is 1. The molecule has 98 valence electrons. The maximum atomic E-state index is 11.7. The Kier molecular flexibility index (Phi) is 3.87. The Bertz CT molecular complexity index is 622. The molecule has 0 atom stereocenters. The van der Waals surface area contributed by atoms with E-state index in [4.69, 9.17) is 33.0 Å². The zero-order valence-electron chi connectivity index (χ0n) is 9.39. The van der Waals surface area contributed by atoms with Crippen LogP contribution in [0.5, 0.6) is 5.75 Å². The molecule has 0 saturated carbocycles. The van der Waals surface area contributed by atoms with E-state index in [1.807, 2.05) is 0 Å². The van der Waals surface area contributed by atoms with E-state index < -0.39 is 11.8 Å². The SMILES string of the molecule is O=C(O)C1=C(Oc2cc(Cl)ccc2Cl)C(=O)CN=C1. The number of carbonyl (C=O) groups excluding carboxylic acids is 1. The van der Waals surface area contributed by atoms with Crippen LogP contribution in [-0.4, -0.2) is 29.6 Å². The highest BCUT2D eigenvalue weighted by atomic mass is 35.5. The second-order valence-corrected chi connectivity index (χ2v) is 4.46. The van der Waals surface area contributed by atoms with Gasteiger partial charge in [-0.3, -0.25) is 9.79 Å². The summed E-state index contributed by atoms with van der Waals surface area (Å²) >= 11 is 11.7. The lowest BCUT2D eigenvalue weighted by atomic mass is 10.1. The number of carbonyl (C=O) groups is 2. The second kappa shape index (κ2) is 5.42. The van der Waals surface area contributed by atoms with Crippen LogP contribution in [0.2, 0.25) is 10.0 Å². The van der Waals surface area contributed by atoms with E-state index in [2.05, 4.69) is 4.99 Å². The van der Waals surface area contributed by atoms with Crippen molar-refractivity contribution in [2.24, 2.45) is 4.99 Å². The molecule has 1 aliphatic heterocycles. The minimum Gasteiger partial charge on any atom is -0.477 e. The van der Waals surface area contributed by atoms with Gasteiger partial charge in [-0.15, -0.1) is 0 Å². The molecular weight excluding hydrogens is 293 g/mol. The van der Waals surface area contributed by atoms with Gasteiger partial charge in [0, 0.05) is 17.3 Å². The van der Waals surface area contributed by atoms with Crippen molar-refractivity contribution in [2.45, 2.75) is 0 Å². The van der Waals surface area contributed by atoms with Gasteiger partial charge in [-0.2, -0.15) is 0 Å². The molecule has 0 saturated heterocycles. The van der Waals surface area contributed by atoms with Gasteiger partial charge >= 0.3 is 5.97 Å². The van der Waals surface area contributed by atoms with Crippen molar-refractivity contribution in [1.82, 2.24) is 0 Å². The third-order valence-electron chi connectivity index (χ3n) is 2.29. The summed E-state index contributed by atoms with van der Waals surface area (Å²) in [6.45, 7) is -0.162. The zero-order chi connectivity index (χ0) is 14.0. The van der Waals surface area contributed by atoms with E-state index >= 15 is 0 Å². The summed E-state index contributed by atoms with van der Waals surface area (Å²) in [6.07, 6.45) is 1.08. The van der Waals surface area contributed by atoms with Gasteiger partial charge in [0.15, 0.2) is 5.76 Å². The number of benzene rings is 1. The van der Waals surface area contributed by atoms with Crippen molar-refractivity contribution in [3.63, 3.8) is 0 Å². The number of halogens is 2. The zero-order valence-corrected chi connectivity index (χ0v) is 10.9. The first-order valence-electron chi connectivity index (χ1n) is 5.12. The molecule has 2 rings (SSSR count). The monoisotopic (exact) mass is 299 g/mol. The molecule has 0 radical (unpaired) electrons. The molecule has 0 aromatic heterocycles. The van der Waals surface area contributed by atoms with Gasteiger partial charge in [0.05, 0.1) is 5.02 Å². The first-order chi connectivity index (χ1) is 8.99. The summed E-state index contributed by atoms with van der Waals surface area (Å²) in [4.78, 5) is 26.3. The molecule has 1 aliphatic rings. The number of Topliss-reactive ketones (excluding diaryl/α,β-unsaturated/α-hetero) is 1. The van der Waals surface area contributed by atoms with Gasteiger partial charge in [-0.25, -0.2) is 4.79 Å². The summed E-state index contributed by atoms with van der Waals surface area (Å²) in [5, 5.41) is 9.56. The predicted octanol–water partition coefficient (Wildman–Crippen LogP) is 2.36. The molecule has 1 aromatic carbocycles. The number of hydrogen-bond donors (Lipinski definition) is 1. The number of rotatable bonds is 3. The number of nitrogens with zero attached hydrogens (tertiary/aromatic N) is 1. The predicted molar refractivity (Wildman–Crippen MR) is 70.1 cm³/mol. The van der Waals surface area contributed by atoms with Crippen molar-refractivity contribution in [1.29, 1.82) is 0 Å². The van der Waals surface area contributed by atoms with Gasteiger partial charge in [-0.1, -0.05) is 23.2 Å². The quantitative estimate of drug-likeness (QED) is 0.929. The lowest BCUT2D eigenvalue weighted by Gasteiger charge is -2.14. The Hall–Kier alpha value is -1.85. The molecule has 0 unspecified atom stereocenters. The van der Waals surface area contributed by atoms with E-state index in [0.29, 0.717) is 5.02 Å². The molecule has 1 aromatic rings. The Morgan fingerprint density at radius 2 is 2.11 bits per heavy atom. The molecule has 0 amide bonds. The van der Waals surface area contributed by atoms with E-state index in [-0.39, 0.29) is 28.6 Å². The third kappa shape index (κ3) is 2.94. The van der Waals surface area contributed by atoms with Crippen LogP contribution in [0.15, 0.2) is 34.5 Å². The van der Waals surface area contributed by atoms with Gasteiger partial charge in [0.25, 0.3) is 0 Å². The number of aliphatic carboxylic acids is 1. The number of aliphatic imine (C=N–C) groups is 1. The molecule has 1 heterocycles. The molecular formula is C12H7Cl2NO4. The summed E-state index contributed by atoms with van der Waals surface area (Å²) in [5.74, 6) is -2.01. The fourth-order valence-corrected chi connectivity index (χ4v) is 1.75. The molecule has 5 nitrogen and oxygen atoms in total. The standard InChI is InChI=1S/C12H7Cl2NO4/c13-6-1-2-8(14)10(3-6)19-11-7(12(17)18)4-15-5-9(11)16/h1-4H,5H2,(H,17,18). The maximum absolute atomic E-state index is 11.7. The number of carboxylic acids is 1. The molecule has 0 spiro atoms. The smallest absolute Gasteiger partial charge is 0.341 e. The van der Waals surface area contributed by atoms with Crippen molar-refractivity contribution < 1.29 is 19.4 Å². The average Bonchev–Trinajstić information content (AvgIpc) is 2.35. The van der Waals surface area contributed by atoms with Crippen LogP contribution >= 0.6 is 23.2 Å². The lowest BCUT2D eigenvalue weighted by molar-refractivity contribution is -0.132. The van der Waals surface area contributed by atoms with Gasteiger partial charge in [0.2, 0.25) is 5.78 Å². The Morgan fingerprint density at radius 1 is 1.37 bits per heavy atom. The molecule has 1 N–H and O–H groups in total. The molecule has 19 heavy (non-hydrogen) atoms. The number of dihydropyridines is 1. The van der Waals surface area contributed by atoms with E-state index in [9.17, 15) is 9.59 Å². The molecule has 0 bridgehead atoms. The first-order valence-corrected chi connectivity index (χ1v) is 5.88. The second-order valence-electron chi connectivity index (χ2n) is 3.62. The van der Waals surface area contributed by atoms with E-state index in [1.165, 1.54) is 12.1 Å². The van der Waals surface area contributed by atoms with Crippen LogP contribution in [0.3, 0.4) is 0 Å². The largest absolute Gasteiger partial charge is 0.477 e. The topological polar surface area (TPSA) is 76.0 Å². The molecule has 0 aliphatic carbocycles. The molecule has 7 heteroatoms. The normalized spacial score (nSPS) is 14.7. The van der Waals surface area contributed by atoms with Crippen molar-refractivity contribution in [3.05, 3.63) is 39.6 Å². The minimum absolute atomic E-state index is 0.117. The van der Waals surface area contributed by atoms with Crippen LogP contribution in [0.4, 0.5) is 0 Å². The fourth-order valence-electron chi connectivity index (χ4n) is 1.43. The van der Waals surface area contributed by atoms with Crippen LogP contribution in [0.25, 0.3) is 0 Å². The molecule has 0 fully saturated rings. The van der Waals surface area contributed by atoms with Crippen LogP contribution in [0, 0.1) is 0 Å². The third-order valence-corrected chi connectivity index (χ3v) is 2.84. The Balaban J connectivity index is 2.44. The van der Waals surface area contributed by atoms with Gasteiger partial charge in [-0.05, 0) is 12.1 Å². The Labute approximate surface area is 118 Å². The number of hydrogen-bond acceptors (Lipinski definition) is 4. The van der Waals surface area contributed by atoms with Crippen LogP contribution < -0.4 is 4.74 Å². The maximum Gasteiger partial charge on any atom is 0.341 e. The fraction of sp³-hybridized carbons (Fsp3) is 0.0833. The summed E-state index contributed by atoms with van der Waals surface area (Å²) in [7, 11) is 0. The van der Waals surface area contributed by atoms with E-state index in [0.717, 1.165) is 6.21 Å². The summed E-state index contributed by atoms with van der Waals surface area (Å²) < 4.78 is 5.29. The van der Waals surface area contributed by atoms with E-state index in [1.54, 1.807) is 6.07 Å². The summed E-state index contributed by atoms with van der Waals surface area (Å²) in [6, 6.07) is 4.43. The minimum atomic E-state index is -1.30. The highest BCUT2D eigenvalue weighted by molar-refractivity contribution is 6.34. The lowest BCUT2D eigenvalue weighted by Crippen LogP contribution is -2.23. The Morgan fingerprint density at radius 3 is 2.79 bits per heavy atom. The van der Waals surface area contributed by atoms with Crippen molar-refractivity contribution in [2.75, 3.05) is 6.54 Å². The number of ether oxygens (including phenoxy) is 1. The average molecular weight is 300 g/mol. The van der Waals surface area contributed by atoms with Crippen molar-refractivity contribution in [3.8, 4) is 5.75 Å².